The third-order valence-corrected chi connectivity index (χ3v) is 4.16. The van der Waals surface area contributed by atoms with Crippen LogP contribution in [-0.2, 0) is 0 Å². The minimum absolute atomic E-state index is 0.176. The molecule has 2 aromatic rings. The number of aryl methyl sites for hydroxylation is 1. The fourth-order valence-electron chi connectivity index (χ4n) is 1.74. The number of hydrogen-bond donors (Lipinski definition) is 1. The van der Waals surface area contributed by atoms with E-state index < -0.39 is 11.6 Å². The Morgan fingerprint density at radius 2 is 1.83 bits per heavy atom. The monoisotopic (exact) mass is 268 g/mol. The molecule has 1 unspecified atom stereocenters. The van der Waals surface area contributed by atoms with E-state index in [2.05, 4.69) is 10.3 Å². The van der Waals surface area contributed by atoms with Crippen LogP contribution in [0.3, 0.4) is 0 Å². The summed E-state index contributed by atoms with van der Waals surface area (Å²) in [6.07, 6.45) is 0. The van der Waals surface area contributed by atoms with Gasteiger partial charge in [0, 0.05) is 22.5 Å². The van der Waals surface area contributed by atoms with E-state index >= 15 is 0 Å². The summed E-state index contributed by atoms with van der Waals surface area (Å²) in [6, 6.07) is 3.64. The lowest BCUT2D eigenvalue weighted by molar-refractivity contribution is 0.584. The maximum absolute atomic E-state index is 13.2. The van der Waals surface area contributed by atoms with Crippen molar-refractivity contribution in [3.05, 3.63) is 40.4 Å². The van der Waals surface area contributed by atoms with Crippen molar-refractivity contribution in [1.82, 2.24) is 10.3 Å². The zero-order valence-corrected chi connectivity index (χ0v) is 11.2. The van der Waals surface area contributed by atoms with Crippen molar-refractivity contribution in [1.29, 1.82) is 0 Å². The molecule has 0 saturated heterocycles. The van der Waals surface area contributed by atoms with Gasteiger partial charge in [0.05, 0.1) is 5.69 Å². The van der Waals surface area contributed by atoms with Crippen LogP contribution in [0.15, 0.2) is 18.2 Å². The Kier molecular flexibility index (Phi) is 3.73. The first-order chi connectivity index (χ1) is 8.51. The number of nitrogens with one attached hydrogen (secondary N) is 1. The molecule has 0 spiro atoms. The standard InChI is InChI=1S/C13H14F2N2S/c1-7(16-3)12-8(2)17-13(18-12)9-4-10(14)6-11(15)5-9/h4-7,16H,1-3H3. The first-order valence-electron chi connectivity index (χ1n) is 5.62. The van der Waals surface area contributed by atoms with Crippen LogP contribution < -0.4 is 5.32 Å². The van der Waals surface area contributed by atoms with Crippen molar-refractivity contribution < 1.29 is 8.78 Å². The maximum Gasteiger partial charge on any atom is 0.126 e. The average Bonchev–Trinajstić information content (AvgIpc) is 2.69. The third-order valence-electron chi connectivity index (χ3n) is 2.77. The summed E-state index contributed by atoms with van der Waals surface area (Å²) in [5.41, 5.74) is 1.37. The van der Waals surface area contributed by atoms with E-state index in [4.69, 9.17) is 0 Å². The van der Waals surface area contributed by atoms with Crippen LogP contribution in [0.1, 0.15) is 23.5 Å². The zero-order chi connectivity index (χ0) is 13.3. The molecule has 2 nitrogen and oxygen atoms in total. The van der Waals surface area contributed by atoms with Gasteiger partial charge in [0.1, 0.15) is 16.6 Å². The highest BCUT2D eigenvalue weighted by Crippen LogP contribution is 2.32. The molecule has 96 valence electrons. The van der Waals surface area contributed by atoms with Gasteiger partial charge in [-0.15, -0.1) is 11.3 Å². The van der Waals surface area contributed by atoms with E-state index in [9.17, 15) is 8.78 Å². The SMILES string of the molecule is CNC(C)c1sc(-c2cc(F)cc(F)c2)nc1C. The number of halogens is 2. The largest absolute Gasteiger partial charge is 0.312 e. The fraction of sp³-hybridized carbons (Fsp3) is 0.308. The van der Waals surface area contributed by atoms with Crippen LogP contribution in [0.4, 0.5) is 8.78 Å². The van der Waals surface area contributed by atoms with Gasteiger partial charge in [-0.05, 0) is 33.0 Å². The lowest BCUT2D eigenvalue weighted by atomic mass is 10.2. The number of rotatable bonds is 3. The minimum atomic E-state index is -0.582. The van der Waals surface area contributed by atoms with Gasteiger partial charge < -0.3 is 5.32 Å². The van der Waals surface area contributed by atoms with Gasteiger partial charge >= 0.3 is 0 Å². The number of nitrogens with zero attached hydrogens (tertiary/aromatic N) is 1. The molecule has 1 aromatic carbocycles. The molecule has 0 aliphatic rings. The Morgan fingerprint density at radius 1 is 1.22 bits per heavy atom. The van der Waals surface area contributed by atoms with Gasteiger partial charge in [-0.25, -0.2) is 13.8 Å². The molecule has 1 N–H and O–H groups in total. The molecule has 0 fully saturated rings. The van der Waals surface area contributed by atoms with Gasteiger partial charge in [0.15, 0.2) is 0 Å². The number of hydrogen-bond acceptors (Lipinski definition) is 3. The van der Waals surface area contributed by atoms with E-state index in [-0.39, 0.29) is 6.04 Å². The van der Waals surface area contributed by atoms with Crippen LogP contribution >= 0.6 is 11.3 Å². The normalized spacial score (nSPS) is 12.7. The fourth-order valence-corrected chi connectivity index (χ4v) is 2.86. The second-order valence-corrected chi connectivity index (χ2v) is 5.17. The molecule has 0 saturated carbocycles. The van der Waals surface area contributed by atoms with Crippen LogP contribution in [0, 0.1) is 18.6 Å². The van der Waals surface area contributed by atoms with E-state index in [1.807, 2.05) is 20.9 Å². The predicted octanol–water partition coefficient (Wildman–Crippen LogP) is 3.68. The summed E-state index contributed by atoms with van der Waals surface area (Å²) < 4.78 is 26.3. The van der Waals surface area contributed by atoms with Gasteiger partial charge in [0.25, 0.3) is 0 Å². The van der Waals surface area contributed by atoms with E-state index in [1.54, 1.807) is 0 Å². The summed E-state index contributed by atoms with van der Waals surface area (Å²) in [4.78, 5) is 5.46. The molecule has 0 aliphatic heterocycles. The van der Waals surface area contributed by atoms with Crippen LogP contribution in [-0.4, -0.2) is 12.0 Å². The Morgan fingerprint density at radius 3 is 2.39 bits per heavy atom. The maximum atomic E-state index is 13.2. The molecule has 0 aliphatic carbocycles. The molecule has 0 bridgehead atoms. The lowest BCUT2D eigenvalue weighted by Gasteiger charge is -2.06. The number of aromatic nitrogens is 1. The van der Waals surface area contributed by atoms with Crippen molar-refractivity contribution in [2.24, 2.45) is 0 Å². The molecule has 0 amide bonds. The molecular formula is C13H14F2N2S. The van der Waals surface area contributed by atoms with E-state index in [0.29, 0.717) is 10.6 Å². The molecule has 1 aromatic heterocycles. The highest BCUT2D eigenvalue weighted by Gasteiger charge is 2.14. The quantitative estimate of drug-likeness (QED) is 0.918. The van der Waals surface area contributed by atoms with Crippen molar-refractivity contribution in [3.63, 3.8) is 0 Å². The molecule has 18 heavy (non-hydrogen) atoms. The van der Waals surface area contributed by atoms with Crippen LogP contribution in [0.5, 0.6) is 0 Å². The van der Waals surface area contributed by atoms with Gasteiger partial charge in [-0.3, -0.25) is 0 Å². The lowest BCUT2D eigenvalue weighted by Crippen LogP contribution is -2.11. The minimum Gasteiger partial charge on any atom is -0.312 e. The zero-order valence-electron chi connectivity index (χ0n) is 10.4. The van der Waals surface area contributed by atoms with Gasteiger partial charge in [-0.2, -0.15) is 0 Å². The Balaban J connectivity index is 2.45. The van der Waals surface area contributed by atoms with Crippen molar-refractivity contribution in [2.45, 2.75) is 19.9 Å². The summed E-state index contributed by atoms with van der Waals surface area (Å²) in [5, 5.41) is 3.77. The molecule has 2 rings (SSSR count). The topological polar surface area (TPSA) is 24.9 Å². The van der Waals surface area contributed by atoms with E-state index in [1.165, 1.54) is 23.5 Å². The number of benzene rings is 1. The molecular weight excluding hydrogens is 254 g/mol. The van der Waals surface area contributed by atoms with E-state index in [0.717, 1.165) is 16.6 Å². The highest BCUT2D eigenvalue weighted by atomic mass is 32.1. The molecule has 1 atom stereocenters. The third kappa shape index (κ3) is 2.57. The predicted molar refractivity (Wildman–Crippen MR) is 69.7 cm³/mol. The van der Waals surface area contributed by atoms with Gasteiger partial charge in [0.2, 0.25) is 0 Å². The highest BCUT2D eigenvalue weighted by molar-refractivity contribution is 7.15. The summed E-state index contributed by atoms with van der Waals surface area (Å²) in [7, 11) is 1.87. The van der Waals surface area contributed by atoms with Gasteiger partial charge in [-0.1, -0.05) is 0 Å². The van der Waals surface area contributed by atoms with Crippen molar-refractivity contribution in [3.8, 4) is 10.6 Å². The number of thiazole rings is 1. The smallest absolute Gasteiger partial charge is 0.126 e. The summed E-state index contributed by atoms with van der Waals surface area (Å²) >= 11 is 1.46. The molecule has 5 heteroatoms. The summed E-state index contributed by atoms with van der Waals surface area (Å²) in [6.45, 7) is 3.93. The Bertz CT molecular complexity index is 546. The Labute approximate surface area is 109 Å². The average molecular weight is 268 g/mol. The van der Waals surface area contributed by atoms with Crippen molar-refractivity contribution >= 4 is 11.3 Å². The first-order valence-corrected chi connectivity index (χ1v) is 6.44. The molecule has 0 radical (unpaired) electrons. The van der Waals surface area contributed by atoms with Crippen LogP contribution in [0.25, 0.3) is 10.6 Å². The molecule has 1 heterocycles. The van der Waals surface area contributed by atoms with Crippen molar-refractivity contribution in [2.75, 3.05) is 7.05 Å². The Hall–Kier alpha value is -1.33. The first kappa shape index (κ1) is 13.1. The second-order valence-electron chi connectivity index (χ2n) is 4.14. The summed E-state index contributed by atoms with van der Waals surface area (Å²) in [5.74, 6) is -1.16. The second kappa shape index (κ2) is 5.12. The van der Waals surface area contributed by atoms with Crippen LogP contribution in [0.2, 0.25) is 0 Å².